The third-order valence-electron chi connectivity index (χ3n) is 3.84. The minimum absolute atomic E-state index is 0.149. The maximum absolute atomic E-state index is 11.9. The smallest absolute Gasteiger partial charge is 0.319 e. The topological polar surface area (TPSA) is 76.4 Å². The largest absolute Gasteiger partial charge is 0.373 e. The lowest BCUT2D eigenvalue weighted by molar-refractivity contribution is 0.0984. The summed E-state index contributed by atoms with van der Waals surface area (Å²) in [6.45, 7) is 0.470. The summed E-state index contributed by atoms with van der Waals surface area (Å²) in [5, 5.41) is 5.83. The Hall–Kier alpha value is -1.59. The summed E-state index contributed by atoms with van der Waals surface area (Å²) in [5.74, 6) is 0. The van der Waals surface area contributed by atoms with Crippen molar-refractivity contribution >= 4 is 11.7 Å². The van der Waals surface area contributed by atoms with Gasteiger partial charge in [0.1, 0.15) is 0 Å². The van der Waals surface area contributed by atoms with Crippen molar-refractivity contribution in [3.8, 4) is 0 Å². The first-order chi connectivity index (χ1) is 9.24. The summed E-state index contributed by atoms with van der Waals surface area (Å²) in [6, 6.07) is 7.55. The minimum atomic E-state index is -0.171. The van der Waals surface area contributed by atoms with Gasteiger partial charge in [0.05, 0.1) is 18.2 Å². The Morgan fingerprint density at radius 3 is 3.00 bits per heavy atom. The number of nitrogens with one attached hydrogen (secondary N) is 2. The van der Waals surface area contributed by atoms with E-state index >= 15 is 0 Å². The number of urea groups is 1. The molecule has 0 saturated carbocycles. The van der Waals surface area contributed by atoms with E-state index in [1.54, 1.807) is 0 Å². The molecule has 1 aromatic carbocycles. The maximum atomic E-state index is 11.9. The molecule has 5 nitrogen and oxygen atoms in total. The van der Waals surface area contributed by atoms with Gasteiger partial charge in [0.2, 0.25) is 0 Å². The van der Waals surface area contributed by atoms with Crippen molar-refractivity contribution in [3.63, 3.8) is 0 Å². The van der Waals surface area contributed by atoms with Crippen molar-refractivity contribution in [3.05, 3.63) is 29.8 Å². The quantitative estimate of drug-likeness (QED) is 0.773. The number of hydrogen-bond donors (Lipinski definition) is 3. The van der Waals surface area contributed by atoms with Crippen molar-refractivity contribution in [2.45, 2.75) is 44.1 Å². The van der Waals surface area contributed by atoms with Crippen LogP contribution in [0.2, 0.25) is 0 Å². The molecule has 3 unspecified atom stereocenters. The fraction of sp³-hybridized carbons (Fsp3) is 0.500. The molecule has 4 N–H and O–H groups in total. The third kappa shape index (κ3) is 2.72. The number of nitrogens with two attached hydrogens (primary N) is 1. The average Bonchev–Trinajstić information content (AvgIpc) is 3.01. The first-order valence-electron chi connectivity index (χ1n) is 6.76. The van der Waals surface area contributed by atoms with Gasteiger partial charge in [-0.05, 0) is 37.0 Å². The Morgan fingerprint density at radius 1 is 1.42 bits per heavy atom. The Balaban J connectivity index is 1.56. The summed E-state index contributed by atoms with van der Waals surface area (Å²) < 4.78 is 5.71. The highest BCUT2D eigenvalue weighted by atomic mass is 16.5. The first kappa shape index (κ1) is 12.4. The molecule has 0 aromatic heterocycles. The predicted molar refractivity (Wildman–Crippen MR) is 72.8 cm³/mol. The zero-order valence-corrected chi connectivity index (χ0v) is 10.8. The molecule has 0 aliphatic carbocycles. The van der Waals surface area contributed by atoms with E-state index in [9.17, 15) is 4.79 Å². The molecular weight excluding hydrogens is 242 g/mol. The standard InChI is InChI=1S/C14H19N3O2/c15-8-9-2-1-3-10(6-9)16-14(18)17-12-7-11-4-5-13(12)19-11/h1-3,6,11-13H,4-5,7-8,15H2,(H2,16,17,18). The van der Waals surface area contributed by atoms with Gasteiger partial charge in [-0.25, -0.2) is 4.79 Å². The highest BCUT2D eigenvalue weighted by Crippen LogP contribution is 2.34. The molecule has 19 heavy (non-hydrogen) atoms. The second kappa shape index (κ2) is 5.19. The Labute approximate surface area is 112 Å². The van der Waals surface area contributed by atoms with Crippen LogP contribution in [0.25, 0.3) is 0 Å². The molecule has 0 spiro atoms. The number of carbonyl (C=O) groups excluding carboxylic acids is 1. The van der Waals surface area contributed by atoms with Crippen LogP contribution in [0.15, 0.2) is 24.3 Å². The van der Waals surface area contributed by atoms with Gasteiger partial charge in [0, 0.05) is 12.2 Å². The van der Waals surface area contributed by atoms with Crippen LogP contribution in [-0.4, -0.2) is 24.3 Å². The van der Waals surface area contributed by atoms with Crippen LogP contribution in [0.4, 0.5) is 10.5 Å². The van der Waals surface area contributed by atoms with Gasteiger partial charge in [0.25, 0.3) is 0 Å². The van der Waals surface area contributed by atoms with E-state index in [-0.39, 0.29) is 18.2 Å². The Kier molecular flexibility index (Phi) is 3.40. The van der Waals surface area contributed by atoms with Crippen LogP contribution in [-0.2, 0) is 11.3 Å². The zero-order chi connectivity index (χ0) is 13.2. The number of benzene rings is 1. The van der Waals surface area contributed by atoms with Crippen molar-refractivity contribution in [2.24, 2.45) is 5.73 Å². The molecule has 1 aromatic rings. The van der Waals surface area contributed by atoms with E-state index in [1.807, 2.05) is 24.3 Å². The molecule has 3 atom stereocenters. The Morgan fingerprint density at radius 2 is 2.32 bits per heavy atom. The number of ether oxygens (including phenoxy) is 1. The second-order valence-corrected chi connectivity index (χ2v) is 5.22. The molecule has 2 amide bonds. The highest BCUT2D eigenvalue weighted by Gasteiger charge is 2.41. The van der Waals surface area contributed by atoms with Crippen LogP contribution >= 0.6 is 0 Å². The lowest BCUT2D eigenvalue weighted by Gasteiger charge is -2.20. The molecule has 2 saturated heterocycles. The lowest BCUT2D eigenvalue weighted by Crippen LogP contribution is -2.43. The molecule has 2 aliphatic rings. The molecule has 5 heteroatoms. The molecular formula is C14H19N3O2. The van der Waals surface area contributed by atoms with Crippen LogP contribution in [0.1, 0.15) is 24.8 Å². The molecule has 102 valence electrons. The molecule has 3 rings (SSSR count). The molecule has 2 aliphatic heterocycles. The van der Waals surface area contributed by atoms with E-state index in [4.69, 9.17) is 10.5 Å². The normalized spacial score (nSPS) is 28.4. The minimum Gasteiger partial charge on any atom is -0.373 e. The average molecular weight is 261 g/mol. The van der Waals surface area contributed by atoms with Crippen LogP contribution < -0.4 is 16.4 Å². The highest BCUT2D eigenvalue weighted by molar-refractivity contribution is 5.89. The van der Waals surface area contributed by atoms with Gasteiger partial charge in [-0.2, -0.15) is 0 Å². The van der Waals surface area contributed by atoms with Gasteiger partial charge >= 0.3 is 6.03 Å². The van der Waals surface area contributed by atoms with Crippen LogP contribution in [0.5, 0.6) is 0 Å². The van der Waals surface area contributed by atoms with E-state index in [0.717, 1.165) is 30.5 Å². The summed E-state index contributed by atoms with van der Waals surface area (Å²) in [4.78, 5) is 11.9. The fourth-order valence-corrected chi connectivity index (χ4v) is 2.90. The van der Waals surface area contributed by atoms with Gasteiger partial charge in [-0.3, -0.25) is 0 Å². The van der Waals surface area contributed by atoms with Crippen molar-refractivity contribution < 1.29 is 9.53 Å². The molecule has 2 bridgehead atoms. The Bertz CT molecular complexity index is 478. The van der Waals surface area contributed by atoms with E-state index in [1.165, 1.54) is 0 Å². The molecule has 2 heterocycles. The summed E-state index contributed by atoms with van der Waals surface area (Å²) in [5.41, 5.74) is 7.35. The summed E-state index contributed by atoms with van der Waals surface area (Å²) in [7, 11) is 0. The van der Waals surface area contributed by atoms with Crippen LogP contribution in [0.3, 0.4) is 0 Å². The number of fused-ring (bicyclic) bond motifs is 2. The fourth-order valence-electron chi connectivity index (χ4n) is 2.90. The first-order valence-corrected chi connectivity index (χ1v) is 6.76. The van der Waals surface area contributed by atoms with Crippen LogP contribution in [0, 0.1) is 0 Å². The van der Waals surface area contributed by atoms with Gasteiger partial charge < -0.3 is 21.1 Å². The van der Waals surface area contributed by atoms with E-state index in [0.29, 0.717) is 12.6 Å². The predicted octanol–water partition coefficient (Wildman–Crippen LogP) is 1.59. The lowest BCUT2D eigenvalue weighted by atomic mass is 9.96. The van der Waals surface area contributed by atoms with Crippen molar-refractivity contribution in [2.75, 3.05) is 5.32 Å². The second-order valence-electron chi connectivity index (χ2n) is 5.22. The van der Waals surface area contributed by atoms with E-state index < -0.39 is 0 Å². The summed E-state index contributed by atoms with van der Waals surface area (Å²) >= 11 is 0. The zero-order valence-electron chi connectivity index (χ0n) is 10.8. The molecule has 2 fully saturated rings. The van der Waals surface area contributed by atoms with Crippen molar-refractivity contribution in [1.82, 2.24) is 5.32 Å². The SMILES string of the molecule is NCc1cccc(NC(=O)NC2CC3CCC2O3)c1. The van der Waals surface area contributed by atoms with Crippen molar-refractivity contribution in [1.29, 1.82) is 0 Å². The monoisotopic (exact) mass is 261 g/mol. The number of rotatable bonds is 3. The third-order valence-corrected chi connectivity index (χ3v) is 3.84. The number of anilines is 1. The summed E-state index contributed by atoms with van der Waals surface area (Å²) in [6.07, 6.45) is 3.66. The number of amides is 2. The molecule has 0 radical (unpaired) electrons. The number of carbonyl (C=O) groups is 1. The van der Waals surface area contributed by atoms with Gasteiger partial charge in [-0.15, -0.1) is 0 Å². The maximum Gasteiger partial charge on any atom is 0.319 e. The van der Waals surface area contributed by atoms with Gasteiger partial charge in [-0.1, -0.05) is 12.1 Å². The number of hydrogen-bond acceptors (Lipinski definition) is 3. The van der Waals surface area contributed by atoms with Gasteiger partial charge in [0.15, 0.2) is 0 Å². The van der Waals surface area contributed by atoms with E-state index in [2.05, 4.69) is 10.6 Å².